The lowest BCUT2D eigenvalue weighted by molar-refractivity contribution is 0.422. The Balaban J connectivity index is 3.28. The van der Waals surface area contributed by atoms with Crippen molar-refractivity contribution in [2.75, 3.05) is 6.26 Å². The molecule has 0 unspecified atom stereocenters. The van der Waals surface area contributed by atoms with Gasteiger partial charge in [-0.1, -0.05) is 0 Å². The molecule has 0 saturated heterocycles. The molecule has 0 aromatic carbocycles. The molecule has 0 aliphatic rings. The van der Waals surface area contributed by atoms with Crippen LogP contribution in [0.4, 0.5) is 0 Å². The Morgan fingerprint density at radius 1 is 1.60 bits per heavy atom. The number of hydrogen-bond acceptors (Lipinski definition) is 4. The summed E-state index contributed by atoms with van der Waals surface area (Å²) in [6.07, 6.45) is 4.07. The van der Waals surface area contributed by atoms with Gasteiger partial charge in [0.1, 0.15) is 12.5 Å². The summed E-state index contributed by atoms with van der Waals surface area (Å²) in [5.74, 6) is -0.341. The van der Waals surface area contributed by atoms with Gasteiger partial charge in [-0.15, -0.1) is 11.8 Å². The average molecular weight is 158 g/mol. The normalized spacial score (nSPS) is 9.70. The summed E-state index contributed by atoms with van der Waals surface area (Å²) in [5, 5.41) is 8.81. The van der Waals surface area contributed by atoms with Gasteiger partial charge in [-0.25, -0.2) is 0 Å². The lowest BCUT2D eigenvalue weighted by Gasteiger charge is -1.92. The molecule has 0 bridgehead atoms. The van der Waals surface area contributed by atoms with E-state index in [0.717, 1.165) is 6.26 Å². The third-order valence-corrected chi connectivity index (χ3v) is 1.75. The molecule has 0 atom stereocenters. The van der Waals surface area contributed by atoms with Crippen molar-refractivity contribution in [1.29, 1.82) is 0 Å². The second-order valence-corrected chi connectivity index (χ2v) is 2.50. The number of rotatable bonds is 1. The minimum atomic E-state index is -0.376. The summed E-state index contributed by atoms with van der Waals surface area (Å²) >= 11 is 1.24. The van der Waals surface area contributed by atoms with E-state index in [-0.39, 0.29) is 11.2 Å². The number of thioether (sulfide) groups is 1. The second kappa shape index (κ2) is 2.79. The summed E-state index contributed by atoms with van der Waals surface area (Å²) in [4.78, 5) is 11.3. The highest BCUT2D eigenvalue weighted by Crippen LogP contribution is 2.11. The third kappa shape index (κ3) is 1.16. The van der Waals surface area contributed by atoms with Crippen molar-refractivity contribution in [2.45, 2.75) is 4.90 Å². The number of hydrogen-bond donors (Lipinski definition) is 1. The lowest BCUT2D eigenvalue weighted by Crippen LogP contribution is -2.00. The molecule has 1 N–H and O–H groups in total. The van der Waals surface area contributed by atoms with E-state index in [0.29, 0.717) is 4.90 Å². The maximum absolute atomic E-state index is 10.9. The van der Waals surface area contributed by atoms with Crippen LogP contribution in [0.1, 0.15) is 0 Å². The van der Waals surface area contributed by atoms with Crippen LogP contribution < -0.4 is 5.43 Å². The summed E-state index contributed by atoms with van der Waals surface area (Å²) in [6, 6.07) is 0. The smallest absolute Gasteiger partial charge is 0.240 e. The fraction of sp³-hybridized carbons (Fsp3) is 0.167. The third-order valence-electron chi connectivity index (χ3n) is 1.03. The predicted molar refractivity (Wildman–Crippen MR) is 38.4 cm³/mol. The highest BCUT2D eigenvalue weighted by atomic mass is 32.2. The summed E-state index contributed by atoms with van der Waals surface area (Å²) in [7, 11) is 0. The first kappa shape index (κ1) is 7.21. The van der Waals surface area contributed by atoms with Crippen molar-refractivity contribution in [1.82, 2.24) is 0 Å². The van der Waals surface area contributed by atoms with E-state index in [1.165, 1.54) is 18.0 Å². The van der Waals surface area contributed by atoms with Crippen molar-refractivity contribution < 1.29 is 9.52 Å². The van der Waals surface area contributed by atoms with Gasteiger partial charge in [-0.3, -0.25) is 4.79 Å². The van der Waals surface area contributed by atoms with Gasteiger partial charge < -0.3 is 9.52 Å². The fourth-order valence-electron chi connectivity index (χ4n) is 0.534. The van der Waals surface area contributed by atoms with Gasteiger partial charge in [0.25, 0.3) is 0 Å². The molecule has 54 valence electrons. The van der Waals surface area contributed by atoms with Gasteiger partial charge in [0.05, 0.1) is 4.90 Å². The number of aromatic hydroxyl groups is 1. The molecule has 0 spiro atoms. The van der Waals surface area contributed by atoms with E-state index < -0.39 is 0 Å². The van der Waals surface area contributed by atoms with Gasteiger partial charge in [0.2, 0.25) is 5.43 Å². The summed E-state index contributed by atoms with van der Waals surface area (Å²) in [6.45, 7) is 0. The standard InChI is InChI=1S/C6H6O3S/c1-10-5-3-9-2-4(7)6(5)8/h2-3,7H,1H3. The zero-order valence-electron chi connectivity index (χ0n) is 5.33. The lowest BCUT2D eigenvalue weighted by atomic mass is 10.5. The minimum absolute atomic E-state index is 0.341. The molecule has 0 saturated carbocycles. The molecular weight excluding hydrogens is 152 g/mol. The van der Waals surface area contributed by atoms with Crippen LogP contribution in [0.2, 0.25) is 0 Å². The molecule has 0 radical (unpaired) electrons. The predicted octanol–water partition coefficient (Wildman–Crippen LogP) is 1.07. The van der Waals surface area contributed by atoms with Crippen LogP contribution in [0, 0.1) is 0 Å². The molecule has 1 aromatic heterocycles. The van der Waals surface area contributed by atoms with Crippen LogP contribution in [0.5, 0.6) is 5.75 Å². The largest absolute Gasteiger partial charge is 0.502 e. The highest BCUT2D eigenvalue weighted by molar-refractivity contribution is 7.98. The maximum Gasteiger partial charge on any atom is 0.240 e. The Bertz CT molecular complexity index is 279. The van der Waals surface area contributed by atoms with Crippen LogP contribution in [-0.4, -0.2) is 11.4 Å². The van der Waals surface area contributed by atoms with E-state index in [2.05, 4.69) is 4.42 Å². The van der Waals surface area contributed by atoms with Crippen LogP contribution in [0.15, 0.2) is 26.6 Å². The highest BCUT2D eigenvalue weighted by Gasteiger charge is 2.01. The van der Waals surface area contributed by atoms with Crippen molar-refractivity contribution in [2.24, 2.45) is 0 Å². The monoisotopic (exact) mass is 158 g/mol. The zero-order valence-corrected chi connectivity index (χ0v) is 6.14. The Morgan fingerprint density at radius 2 is 2.30 bits per heavy atom. The zero-order chi connectivity index (χ0) is 7.56. The van der Waals surface area contributed by atoms with Crippen LogP contribution in [-0.2, 0) is 0 Å². The molecular formula is C6H6O3S. The quantitative estimate of drug-likeness (QED) is 0.621. The molecule has 0 aliphatic heterocycles. The van der Waals surface area contributed by atoms with Crippen LogP contribution >= 0.6 is 11.8 Å². The Morgan fingerprint density at radius 3 is 2.80 bits per heavy atom. The van der Waals surface area contributed by atoms with Gasteiger partial charge in [0.15, 0.2) is 5.75 Å². The maximum atomic E-state index is 10.9. The molecule has 3 nitrogen and oxygen atoms in total. The molecule has 10 heavy (non-hydrogen) atoms. The van der Waals surface area contributed by atoms with Gasteiger partial charge in [-0.2, -0.15) is 0 Å². The van der Waals surface area contributed by atoms with Crippen LogP contribution in [0.3, 0.4) is 0 Å². The molecule has 1 aromatic rings. The van der Waals surface area contributed by atoms with E-state index in [1.54, 1.807) is 6.26 Å². The Hall–Kier alpha value is -0.900. The Labute approximate surface area is 61.7 Å². The minimum Gasteiger partial charge on any atom is -0.502 e. The SMILES string of the molecule is CSc1cocc(O)c1=O. The van der Waals surface area contributed by atoms with Gasteiger partial charge in [-0.05, 0) is 6.26 Å². The first-order valence-electron chi connectivity index (χ1n) is 2.59. The van der Waals surface area contributed by atoms with E-state index in [1.807, 2.05) is 0 Å². The average Bonchev–Trinajstić information content (AvgIpc) is 1.95. The topological polar surface area (TPSA) is 50.4 Å². The van der Waals surface area contributed by atoms with Gasteiger partial charge >= 0.3 is 0 Å². The van der Waals surface area contributed by atoms with Gasteiger partial charge in [0, 0.05) is 0 Å². The van der Waals surface area contributed by atoms with E-state index >= 15 is 0 Å². The second-order valence-electron chi connectivity index (χ2n) is 1.65. The molecule has 1 rings (SSSR count). The Kier molecular flexibility index (Phi) is 2.01. The molecule has 0 fully saturated rings. The fourth-order valence-corrected chi connectivity index (χ4v) is 0.976. The van der Waals surface area contributed by atoms with E-state index in [9.17, 15) is 4.79 Å². The summed E-state index contributed by atoms with van der Waals surface area (Å²) < 4.78 is 4.64. The molecule has 0 amide bonds. The van der Waals surface area contributed by atoms with Crippen LogP contribution in [0.25, 0.3) is 0 Å². The van der Waals surface area contributed by atoms with Crippen molar-refractivity contribution in [3.63, 3.8) is 0 Å². The van der Waals surface area contributed by atoms with Crippen molar-refractivity contribution >= 4 is 11.8 Å². The molecule has 4 heteroatoms. The first-order chi connectivity index (χ1) is 4.75. The molecule has 0 aliphatic carbocycles. The van der Waals surface area contributed by atoms with Crippen molar-refractivity contribution in [3.05, 3.63) is 22.7 Å². The van der Waals surface area contributed by atoms with E-state index in [4.69, 9.17) is 5.11 Å². The molecule has 1 heterocycles. The summed E-state index contributed by atoms with van der Waals surface area (Å²) in [5.41, 5.74) is -0.376. The first-order valence-corrected chi connectivity index (χ1v) is 3.81. The van der Waals surface area contributed by atoms with Crippen molar-refractivity contribution in [3.8, 4) is 5.75 Å².